The number of nitrogens with zero attached hydrogens (tertiary/aromatic N) is 3. The van der Waals surface area contributed by atoms with E-state index in [9.17, 15) is 4.79 Å². The highest BCUT2D eigenvalue weighted by Crippen LogP contribution is 2.17. The summed E-state index contributed by atoms with van der Waals surface area (Å²) in [5.41, 5.74) is 2.30. The highest BCUT2D eigenvalue weighted by molar-refractivity contribution is 6.06. The zero-order chi connectivity index (χ0) is 16.1. The zero-order valence-electron chi connectivity index (χ0n) is 12.7. The molecule has 1 heterocycles. The van der Waals surface area contributed by atoms with E-state index < -0.39 is 0 Å². The second-order valence-corrected chi connectivity index (χ2v) is 5.05. The molecule has 1 amide bonds. The topological polar surface area (TPSA) is 38.1 Å². The zero-order valence-corrected chi connectivity index (χ0v) is 12.7. The predicted molar refractivity (Wildman–Crippen MR) is 91.9 cm³/mol. The summed E-state index contributed by atoms with van der Waals surface area (Å²) < 4.78 is 1.70. The number of hydrogen-bond donors (Lipinski definition) is 0. The van der Waals surface area contributed by atoms with Gasteiger partial charge >= 0.3 is 0 Å². The molecule has 0 saturated heterocycles. The quantitative estimate of drug-likeness (QED) is 0.674. The maximum atomic E-state index is 12.8. The van der Waals surface area contributed by atoms with Crippen molar-refractivity contribution in [2.24, 2.45) is 0 Å². The Morgan fingerprint density at radius 1 is 1.09 bits per heavy atom. The molecule has 0 unspecified atom stereocenters. The van der Waals surface area contributed by atoms with Crippen LogP contribution >= 0.6 is 0 Å². The first-order valence-electron chi connectivity index (χ1n) is 7.37. The molecule has 114 valence electrons. The number of rotatable bonds is 5. The van der Waals surface area contributed by atoms with Gasteiger partial charge in [0.1, 0.15) is 0 Å². The lowest BCUT2D eigenvalue weighted by Gasteiger charge is -2.20. The highest BCUT2D eigenvalue weighted by atomic mass is 16.2. The van der Waals surface area contributed by atoms with Crippen LogP contribution in [0.25, 0.3) is 5.69 Å². The summed E-state index contributed by atoms with van der Waals surface area (Å²) in [6.45, 7) is 4.18. The average Bonchev–Trinajstić information content (AvgIpc) is 3.11. The first-order chi connectivity index (χ1) is 11.3. The van der Waals surface area contributed by atoms with Gasteiger partial charge in [0.25, 0.3) is 5.91 Å². The first-order valence-corrected chi connectivity index (χ1v) is 7.37. The molecule has 0 fully saturated rings. The van der Waals surface area contributed by atoms with Crippen molar-refractivity contribution in [3.05, 3.63) is 91.3 Å². The minimum absolute atomic E-state index is 0.0988. The third-order valence-corrected chi connectivity index (χ3v) is 3.47. The molecule has 2 aromatic carbocycles. The fourth-order valence-corrected chi connectivity index (χ4v) is 2.35. The van der Waals surface area contributed by atoms with E-state index in [-0.39, 0.29) is 5.91 Å². The highest BCUT2D eigenvalue weighted by Gasteiger charge is 2.18. The Morgan fingerprint density at radius 2 is 1.74 bits per heavy atom. The van der Waals surface area contributed by atoms with Gasteiger partial charge in [0.05, 0.1) is 17.4 Å². The minimum atomic E-state index is -0.0988. The molecule has 4 nitrogen and oxygen atoms in total. The van der Waals surface area contributed by atoms with Crippen LogP contribution in [0, 0.1) is 0 Å². The summed E-state index contributed by atoms with van der Waals surface area (Å²) in [6, 6.07) is 19.3. The Hall–Kier alpha value is -3.14. The summed E-state index contributed by atoms with van der Waals surface area (Å²) in [4.78, 5) is 14.5. The van der Waals surface area contributed by atoms with E-state index in [4.69, 9.17) is 0 Å². The summed E-state index contributed by atoms with van der Waals surface area (Å²) in [7, 11) is 0. The van der Waals surface area contributed by atoms with Crippen LogP contribution in [0.2, 0.25) is 0 Å². The molecule has 0 aliphatic rings. The Kier molecular flexibility index (Phi) is 4.34. The van der Waals surface area contributed by atoms with Crippen LogP contribution < -0.4 is 4.90 Å². The predicted octanol–water partition coefficient (Wildman–Crippen LogP) is 3.71. The number of para-hydroxylation sites is 2. The van der Waals surface area contributed by atoms with Gasteiger partial charge in [-0.2, -0.15) is 5.10 Å². The van der Waals surface area contributed by atoms with Gasteiger partial charge in [-0.25, -0.2) is 4.68 Å². The molecule has 0 aliphatic heterocycles. The first kappa shape index (κ1) is 14.8. The van der Waals surface area contributed by atoms with Gasteiger partial charge in [-0.1, -0.05) is 42.5 Å². The maximum Gasteiger partial charge on any atom is 0.261 e. The lowest BCUT2D eigenvalue weighted by molar-refractivity contribution is 0.0989. The Labute approximate surface area is 135 Å². The van der Waals surface area contributed by atoms with Crippen molar-refractivity contribution in [3.63, 3.8) is 0 Å². The van der Waals surface area contributed by atoms with Gasteiger partial charge in [-0.3, -0.25) is 4.79 Å². The fourth-order valence-electron chi connectivity index (χ4n) is 2.35. The van der Waals surface area contributed by atoms with Crippen LogP contribution in [-0.4, -0.2) is 22.2 Å². The fraction of sp³-hybridized carbons (Fsp3) is 0.0526. The monoisotopic (exact) mass is 303 g/mol. The Balaban J connectivity index is 1.89. The third kappa shape index (κ3) is 3.21. The van der Waals surface area contributed by atoms with Gasteiger partial charge < -0.3 is 4.90 Å². The number of amides is 1. The molecule has 0 radical (unpaired) electrons. The summed E-state index contributed by atoms with van der Waals surface area (Å²) in [6.07, 6.45) is 5.05. The summed E-state index contributed by atoms with van der Waals surface area (Å²) in [5.74, 6) is -0.0988. The molecular formula is C19H17N3O. The average molecular weight is 303 g/mol. The van der Waals surface area contributed by atoms with Crippen LogP contribution in [0.1, 0.15) is 10.4 Å². The number of hydrogen-bond acceptors (Lipinski definition) is 2. The molecule has 0 saturated carbocycles. The molecular weight excluding hydrogens is 286 g/mol. The van der Waals surface area contributed by atoms with Crippen molar-refractivity contribution in [1.82, 2.24) is 9.78 Å². The van der Waals surface area contributed by atoms with E-state index >= 15 is 0 Å². The summed E-state index contributed by atoms with van der Waals surface area (Å²) >= 11 is 0. The second kappa shape index (κ2) is 6.75. The van der Waals surface area contributed by atoms with E-state index in [1.54, 1.807) is 28.1 Å². The summed E-state index contributed by atoms with van der Waals surface area (Å²) in [5, 5.41) is 4.29. The molecule has 3 aromatic rings. The molecule has 0 aliphatic carbocycles. The SMILES string of the molecule is C=CCN(C(=O)c1cnn(-c2ccccc2)c1)c1ccccc1. The van der Waals surface area contributed by atoms with E-state index in [1.807, 2.05) is 60.7 Å². The van der Waals surface area contributed by atoms with E-state index in [0.29, 0.717) is 12.1 Å². The van der Waals surface area contributed by atoms with Crippen LogP contribution in [0.3, 0.4) is 0 Å². The third-order valence-electron chi connectivity index (χ3n) is 3.47. The van der Waals surface area contributed by atoms with Crippen LogP contribution in [-0.2, 0) is 0 Å². The standard InChI is InChI=1S/C19H17N3O/c1-2-13-21(17-9-5-3-6-10-17)19(23)16-14-20-22(15-16)18-11-7-4-8-12-18/h2-12,14-15H,1,13H2. The number of carbonyl (C=O) groups is 1. The van der Waals surface area contributed by atoms with E-state index in [2.05, 4.69) is 11.7 Å². The van der Waals surface area contributed by atoms with Crippen molar-refractivity contribution in [2.75, 3.05) is 11.4 Å². The van der Waals surface area contributed by atoms with Gasteiger partial charge in [0, 0.05) is 18.4 Å². The number of carbonyl (C=O) groups excluding carboxylic acids is 1. The molecule has 23 heavy (non-hydrogen) atoms. The largest absolute Gasteiger partial charge is 0.304 e. The second-order valence-electron chi connectivity index (χ2n) is 5.05. The molecule has 1 aromatic heterocycles. The van der Waals surface area contributed by atoms with Crippen LogP contribution in [0.4, 0.5) is 5.69 Å². The number of anilines is 1. The molecule has 0 atom stereocenters. The van der Waals surface area contributed by atoms with Crippen molar-refractivity contribution < 1.29 is 4.79 Å². The molecule has 4 heteroatoms. The number of benzene rings is 2. The maximum absolute atomic E-state index is 12.8. The van der Waals surface area contributed by atoms with Crippen molar-refractivity contribution in [3.8, 4) is 5.69 Å². The Bertz CT molecular complexity index is 794. The van der Waals surface area contributed by atoms with Gasteiger partial charge in [-0.15, -0.1) is 6.58 Å². The lowest BCUT2D eigenvalue weighted by atomic mass is 10.2. The van der Waals surface area contributed by atoms with Crippen molar-refractivity contribution in [2.45, 2.75) is 0 Å². The molecule has 0 N–H and O–H groups in total. The van der Waals surface area contributed by atoms with Gasteiger partial charge in [0.2, 0.25) is 0 Å². The Morgan fingerprint density at radius 3 is 2.39 bits per heavy atom. The normalized spacial score (nSPS) is 10.3. The van der Waals surface area contributed by atoms with Crippen molar-refractivity contribution in [1.29, 1.82) is 0 Å². The van der Waals surface area contributed by atoms with Gasteiger partial charge in [-0.05, 0) is 24.3 Å². The van der Waals surface area contributed by atoms with E-state index in [0.717, 1.165) is 11.4 Å². The number of aromatic nitrogens is 2. The smallest absolute Gasteiger partial charge is 0.261 e. The lowest BCUT2D eigenvalue weighted by Crippen LogP contribution is -2.30. The van der Waals surface area contributed by atoms with E-state index in [1.165, 1.54) is 0 Å². The molecule has 3 rings (SSSR count). The van der Waals surface area contributed by atoms with Crippen LogP contribution in [0.5, 0.6) is 0 Å². The molecule has 0 bridgehead atoms. The van der Waals surface area contributed by atoms with Gasteiger partial charge in [0.15, 0.2) is 0 Å². The molecule has 0 spiro atoms. The minimum Gasteiger partial charge on any atom is -0.304 e. The van der Waals surface area contributed by atoms with Crippen molar-refractivity contribution >= 4 is 11.6 Å². The van der Waals surface area contributed by atoms with Crippen LogP contribution in [0.15, 0.2) is 85.7 Å².